The van der Waals surface area contributed by atoms with Crippen molar-refractivity contribution in [3.8, 4) is 0 Å². The number of allylic oxidation sites excluding steroid dienone is 1. The molecule has 4 nitrogen and oxygen atoms in total. The molecule has 0 aliphatic heterocycles. The molecule has 0 spiro atoms. The molecule has 1 saturated carbocycles. The van der Waals surface area contributed by atoms with E-state index >= 15 is 0 Å². The third-order valence-corrected chi connectivity index (χ3v) is 8.03. The van der Waals surface area contributed by atoms with Crippen LogP contribution >= 0.6 is 23.5 Å². The number of carboxylic acid groups (broad SMARTS) is 1. The lowest BCUT2D eigenvalue weighted by atomic mass is 10.0. The fourth-order valence-corrected chi connectivity index (χ4v) is 6.05. The van der Waals surface area contributed by atoms with Gasteiger partial charge in [-0.2, -0.15) is 11.8 Å². The Morgan fingerprint density at radius 1 is 1.16 bits per heavy atom. The maximum atomic E-state index is 12.3. The summed E-state index contributed by atoms with van der Waals surface area (Å²) in [5.74, 6) is 1.48. The van der Waals surface area contributed by atoms with Crippen molar-refractivity contribution in [2.24, 2.45) is 5.92 Å². The summed E-state index contributed by atoms with van der Waals surface area (Å²) in [6.45, 7) is 0. The van der Waals surface area contributed by atoms with Gasteiger partial charge >= 0.3 is 5.97 Å². The summed E-state index contributed by atoms with van der Waals surface area (Å²) in [6, 6.07) is 14.7. The third kappa shape index (κ3) is 7.70. The van der Waals surface area contributed by atoms with E-state index in [0.717, 1.165) is 30.8 Å². The molecule has 1 fully saturated rings. The van der Waals surface area contributed by atoms with Crippen LogP contribution in [0.1, 0.15) is 31.2 Å². The molecular weight excluding hydrogens is 428 g/mol. The van der Waals surface area contributed by atoms with Crippen molar-refractivity contribution >= 4 is 46.0 Å². The summed E-state index contributed by atoms with van der Waals surface area (Å²) in [6.07, 6.45) is 7.21. The number of hydrogen-bond donors (Lipinski definition) is 2. The van der Waals surface area contributed by atoms with Gasteiger partial charge in [-0.3, -0.25) is 9.59 Å². The Hall–Kier alpha value is -1.76. The van der Waals surface area contributed by atoms with Gasteiger partial charge in [0.2, 0.25) is 0 Å². The van der Waals surface area contributed by atoms with Gasteiger partial charge in [0.05, 0.1) is 17.1 Å². The molecular formula is C25H30O4S2. The first-order valence-electron chi connectivity index (χ1n) is 10.8. The van der Waals surface area contributed by atoms with Crippen molar-refractivity contribution in [1.29, 1.82) is 0 Å². The molecule has 3 atom stereocenters. The lowest BCUT2D eigenvalue weighted by Gasteiger charge is -2.15. The Bertz CT molecular complexity index is 911. The average molecular weight is 459 g/mol. The minimum atomic E-state index is -0.784. The van der Waals surface area contributed by atoms with Crippen molar-refractivity contribution in [2.45, 2.75) is 43.5 Å². The van der Waals surface area contributed by atoms with Crippen molar-refractivity contribution in [3.63, 3.8) is 0 Å². The van der Waals surface area contributed by atoms with Gasteiger partial charge in [0, 0.05) is 6.42 Å². The molecule has 0 bridgehead atoms. The smallest absolute Gasteiger partial charge is 0.313 e. The van der Waals surface area contributed by atoms with E-state index in [9.17, 15) is 14.7 Å². The number of aryl methyl sites for hydroxylation is 1. The topological polar surface area (TPSA) is 74.6 Å². The number of aliphatic hydroxyl groups excluding tert-OH is 1. The fourth-order valence-electron chi connectivity index (χ4n) is 3.86. The van der Waals surface area contributed by atoms with Crippen molar-refractivity contribution < 1.29 is 19.8 Å². The number of carbonyl (C=O) groups is 2. The molecule has 2 aromatic rings. The summed E-state index contributed by atoms with van der Waals surface area (Å²) in [5, 5.41) is 21.5. The first-order chi connectivity index (χ1) is 15.0. The third-order valence-electron chi connectivity index (χ3n) is 5.51. The van der Waals surface area contributed by atoms with Gasteiger partial charge in [-0.1, -0.05) is 54.6 Å². The first kappa shape index (κ1) is 23.9. The van der Waals surface area contributed by atoms with Crippen LogP contribution in [-0.2, 0) is 16.0 Å². The lowest BCUT2D eigenvalue weighted by molar-refractivity contribution is -0.133. The van der Waals surface area contributed by atoms with Gasteiger partial charge < -0.3 is 10.2 Å². The number of aliphatic carboxylic acids is 1. The zero-order valence-corrected chi connectivity index (χ0v) is 19.2. The van der Waals surface area contributed by atoms with E-state index < -0.39 is 12.1 Å². The highest BCUT2D eigenvalue weighted by Crippen LogP contribution is 2.34. The Morgan fingerprint density at radius 3 is 2.77 bits per heavy atom. The summed E-state index contributed by atoms with van der Waals surface area (Å²) in [7, 11) is 0. The number of Topliss-reactive ketones (excluding diaryl/α,β-unsaturated/α-hetero) is 1. The van der Waals surface area contributed by atoms with Crippen molar-refractivity contribution in [1.82, 2.24) is 0 Å². The molecule has 0 radical (unpaired) electrons. The monoisotopic (exact) mass is 458 g/mol. The molecule has 2 unspecified atom stereocenters. The van der Waals surface area contributed by atoms with Crippen LogP contribution in [0.5, 0.6) is 0 Å². The Balaban J connectivity index is 1.42. The first-order valence-corrected chi connectivity index (χ1v) is 13.0. The normalized spacial score (nSPS) is 20.0. The molecule has 2 N–H and O–H groups in total. The molecule has 2 aromatic carbocycles. The Labute approximate surface area is 192 Å². The molecule has 0 amide bonds. The average Bonchev–Trinajstić information content (AvgIpc) is 3.12. The standard InChI is InChI=1S/C25H30O4S2/c26-22(11-7-18-6-8-19-4-1-2-5-21(19)16-18)12-9-20-10-13-23(27)25(20)31-15-3-14-30-17-24(28)29/h1-2,4-6,8-9,12,16,20,22,25-26H,3,7,10-11,13-15,17H2,(H,28,29)/t20-,22?,25?/m0/s1. The number of rotatable bonds is 12. The van der Waals surface area contributed by atoms with E-state index in [4.69, 9.17) is 5.11 Å². The molecule has 0 saturated heterocycles. The van der Waals surface area contributed by atoms with Crippen LogP contribution in [0.15, 0.2) is 54.6 Å². The number of carbonyl (C=O) groups excluding carboxylic acids is 1. The second-order valence-electron chi connectivity index (χ2n) is 7.93. The maximum Gasteiger partial charge on any atom is 0.313 e. The van der Waals surface area contributed by atoms with Crippen LogP contribution in [0.2, 0.25) is 0 Å². The van der Waals surface area contributed by atoms with E-state index in [1.165, 1.54) is 28.1 Å². The lowest BCUT2D eigenvalue weighted by Crippen LogP contribution is -2.17. The number of aliphatic hydroxyl groups is 1. The van der Waals surface area contributed by atoms with Gasteiger partial charge in [-0.15, -0.1) is 11.8 Å². The molecule has 0 aromatic heterocycles. The van der Waals surface area contributed by atoms with Crippen molar-refractivity contribution in [2.75, 3.05) is 17.3 Å². The van der Waals surface area contributed by atoms with E-state index in [2.05, 4.69) is 30.3 Å². The number of ketones is 1. The molecule has 0 heterocycles. The zero-order chi connectivity index (χ0) is 22.1. The maximum absolute atomic E-state index is 12.3. The van der Waals surface area contributed by atoms with E-state index in [1.54, 1.807) is 11.8 Å². The highest BCUT2D eigenvalue weighted by atomic mass is 32.2. The van der Waals surface area contributed by atoms with E-state index in [0.29, 0.717) is 18.6 Å². The quantitative estimate of drug-likeness (QED) is 0.345. The van der Waals surface area contributed by atoms with Crippen LogP contribution in [0.3, 0.4) is 0 Å². The molecule has 6 heteroatoms. The number of carboxylic acids is 1. The van der Waals surface area contributed by atoms with Gasteiger partial charge in [0.1, 0.15) is 5.78 Å². The van der Waals surface area contributed by atoms with Crippen LogP contribution in [0, 0.1) is 5.92 Å². The minimum absolute atomic E-state index is 0.0339. The highest BCUT2D eigenvalue weighted by molar-refractivity contribution is 8.01. The van der Waals surface area contributed by atoms with E-state index in [1.807, 2.05) is 24.3 Å². The number of thioether (sulfide) groups is 2. The van der Waals surface area contributed by atoms with Gasteiger partial charge in [0.25, 0.3) is 0 Å². The summed E-state index contributed by atoms with van der Waals surface area (Å²) in [4.78, 5) is 22.8. The van der Waals surface area contributed by atoms with Gasteiger partial charge in [0.15, 0.2) is 0 Å². The fraction of sp³-hybridized carbons (Fsp3) is 0.440. The van der Waals surface area contributed by atoms with Crippen LogP contribution < -0.4 is 0 Å². The molecule has 31 heavy (non-hydrogen) atoms. The number of benzene rings is 2. The summed E-state index contributed by atoms with van der Waals surface area (Å²) >= 11 is 3.10. The van der Waals surface area contributed by atoms with E-state index in [-0.39, 0.29) is 16.9 Å². The minimum Gasteiger partial charge on any atom is -0.481 e. The molecule has 3 rings (SSSR count). The highest BCUT2D eigenvalue weighted by Gasteiger charge is 2.33. The predicted octanol–water partition coefficient (Wildman–Crippen LogP) is 4.98. The molecule has 1 aliphatic carbocycles. The number of hydrogen-bond acceptors (Lipinski definition) is 5. The second kappa shape index (κ2) is 12.3. The van der Waals surface area contributed by atoms with Crippen LogP contribution in [0.4, 0.5) is 0 Å². The van der Waals surface area contributed by atoms with Gasteiger partial charge in [-0.25, -0.2) is 0 Å². The Kier molecular flexibility index (Phi) is 9.50. The predicted molar refractivity (Wildman–Crippen MR) is 131 cm³/mol. The van der Waals surface area contributed by atoms with Crippen LogP contribution in [0.25, 0.3) is 10.8 Å². The SMILES string of the molecule is O=C(O)CSCCCSC1C(=O)CC[C@@H]1C=CC(O)CCc1ccc2ccccc2c1. The van der Waals surface area contributed by atoms with Gasteiger partial charge in [-0.05, 0) is 59.4 Å². The van der Waals surface area contributed by atoms with Crippen molar-refractivity contribution in [3.05, 3.63) is 60.2 Å². The summed E-state index contributed by atoms with van der Waals surface area (Å²) in [5.41, 5.74) is 1.22. The molecule has 1 aliphatic rings. The second-order valence-corrected chi connectivity index (χ2v) is 10.3. The molecule has 166 valence electrons. The zero-order valence-electron chi connectivity index (χ0n) is 17.6. The van der Waals surface area contributed by atoms with Crippen LogP contribution in [-0.4, -0.2) is 50.6 Å². The Morgan fingerprint density at radius 2 is 1.97 bits per heavy atom. The number of fused-ring (bicyclic) bond motifs is 1. The largest absolute Gasteiger partial charge is 0.481 e. The summed E-state index contributed by atoms with van der Waals surface area (Å²) < 4.78 is 0.